The minimum Gasteiger partial charge on any atom is -0.488 e. The molecule has 0 atom stereocenters. The van der Waals surface area contributed by atoms with E-state index in [0.29, 0.717) is 23.6 Å². The molecule has 6 heteroatoms. The van der Waals surface area contributed by atoms with Crippen molar-refractivity contribution in [2.45, 2.75) is 30.4 Å². The molecule has 5 nitrogen and oxygen atoms in total. The molecule has 4 aromatic rings. The fraction of sp³-hybridized carbons (Fsp3) is 0.125. The Morgan fingerprint density at radius 3 is 2.27 bits per heavy atom. The van der Waals surface area contributed by atoms with Gasteiger partial charge in [0, 0.05) is 0 Å². The number of rotatable bonds is 6. The van der Waals surface area contributed by atoms with E-state index in [1.165, 1.54) is 0 Å². The summed E-state index contributed by atoms with van der Waals surface area (Å²) in [5, 5.41) is -0.154. The molecule has 0 aliphatic heterocycles. The lowest BCUT2D eigenvalue weighted by atomic mass is 10.2. The molecule has 0 fully saturated rings. The molecule has 0 N–H and O–H groups in total. The minimum atomic E-state index is -3.81. The molecule has 3 aromatic carbocycles. The highest BCUT2D eigenvalue weighted by atomic mass is 32.2. The summed E-state index contributed by atoms with van der Waals surface area (Å²) in [4.78, 5) is 4.55. The van der Waals surface area contributed by atoms with Crippen molar-refractivity contribution in [3.63, 3.8) is 0 Å². The second-order valence-corrected chi connectivity index (χ2v) is 8.83. The fourth-order valence-electron chi connectivity index (χ4n) is 3.08. The Hall–Kier alpha value is -3.38. The summed E-state index contributed by atoms with van der Waals surface area (Å²) < 4.78 is 37.8. The number of nitrogens with zero attached hydrogens (tertiary/aromatic N) is 1. The van der Waals surface area contributed by atoms with Crippen LogP contribution in [0.25, 0.3) is 11.5 Å². The number of benzene rings is 3. The zero-order chi connectivity index (χ0) is 21.1. The van der Waals surface area contributed by atoms with Crippen LogP contribution in [0, 0.1) is 13.8 Å². The van der Waals surface area contributed by atoms with Crippen molar-refractivity contribution in [2.24, 2.45) is 0 Å². The number of ether oxygens (including phenoxy) is 1. The highest BCUT2D eigenvalue weighted by Crippen LogP contribution is 2.34. The van der Waals surface area contributed by atoms with Crippen molar-refractivity contribution in [2.75, 3.05) is 0 Å². The molecule has 0 spiro atoms. The summed E-state index contributed by atoms with van der Waals surface area (Å²) in [6.45, 7) is 3.91. The lowest BCUT2D eigenvalue weighted by Crippen LogP contribution is -2.02. The van der Waals surface area contributed by atoms with Crippen LogP contribution in [-0.2, 0) is 16.4 Å². The molecule has 0 bridgehead atoms. The highest BCUT2D eigenvalue weighted by Gasteiger charge is 2.27. The number of hydrogen-bond acceptors (Lipinski definition) is 5. The highest BCUT2D eigenvalue weighted by molar-refractivity contribution is 7.91. The van der Waals surface area contributed by atoms with E-state index in [-0.39, 0.29) is 15.9 Å². The summed E-state index contributed by atoms with van der Waals surface area (Å²) in [6, 6.07) is 23.7. The Morgan fingerprint density at radius 2 is 1.53 bits per heavy atom. The van der Waals surface area contributed by atoms with E-state index in [0.717, 1.165) is 11.1 Å². The monoisotopic (exact) mass is 419 g/mol. The molecular formula is C24H21NO4S. The number of aromatic nitrogens is 1. The quantitative estimate of drug-likeness (QED) is 0.420. The summed E-state index contributed by atoms with van der Waals surface area (Å²) in [6.07, 6.45) is 0. The number of hydrogen-bond donors (Lipinski definition) is 0. The first-order chi connectivity index (χ1) is 14.4. The summed E-state index contributed by atoms with van der Waals surface area (Å²) >= 11 is 0. The van der Waals surface area contributed by atoms with E-state index in [4.69, 9.17) is 9.15 Å². The zero-order valence-electron chi connectivity index (χ0n) is 16.7. The molecule has 4 rings (SSSR count). The first-order valence-electron chi connectivity index (χ1n) is 9.50. The average Bonchev–Trinajstić information content (AvgIpc) is 3.16. The Morgan fingerprint density at radius 1 is 0.867 bits per heavy atom. The largest absolute Gasteiger partial charge is 0.488 e. The van der Waals surface area contributed by atoms with Crippen LogP contribution in [0.5, 0.6) is 5.75 Å². The Bertz CT molecular complexity index is 1260. The van der Waals surface area contributed by atoms with Gasteiger partial charge in [-0.25, -0.2) is 13.4 Å². The maximum atomic E-state index is 13.0. The van der Waals surface area contributed by atoms with Crippen LogP contribution >= 0.6 is 0 Å². The van der Waals surface area contributed by atoms with E-state index in [9.17, 15) is 8.42 Å². The van der Waals surface area contributed by atoms with Gasteiger partial charge in [-0.1, -0.05) is 60.2 Å². The van der Waals surface area contributed by atoms with E-state index in [1.807, 2.05) is 55.5 Å². The topological polar surface area (TPSA) is 69.4 Å². The van der Waals surface area contributed by atoms with Crippen molar-refractivity contribution < 1.29 is 17.6 Å². The molecule has 152 valence electrons. The third kappa shape index (κ3) is 4.00. The van der Waals surface area contributed by atoms with Gasteiger partial charge >= 0.3 is 0 Å². The first kappa shape index (κ1) is 19.9. The standard InChI is InChI=1S/C24H21NO4S/c1-17-12-14-20(15-13-17)30(26,27)24-18(2)25-23(29-24)21-10-6-7-11-22(21)28-16-19-8-4-3-5-9-19/h3-15H,16H2,1-2H3. The fourth-order valence-corrected chi connectivity index (χ4v) is 4.41. The minimum absolute atomic E-state index is 0.154. The smallest absolute Gasteiger partial charge is 0.246 e. The van der Waals surface area contributed by atoms with Crippen LogP contribution in [0.1, 0.15) is 16.8 Å². The van der Waals surface area contributed by atoms with Crippen molar-refractivity contribution in [3.8, 4) is 17.2 Å². The molecule has 30 heavy (non-hydrogen) atoms. The van der Waals surface area contributed by atoms with Crippen molar-refractivity contribution in [1.82, 2.24) is 4.98 Å². The van der Waals surface area contributed by atoms with Crippen LogP contribution in [-0.4, -0.2) is 13.4 Å². The molecule has 1 heterocycles. The molecule has 1 aromatic heterocycles. The summed E-state index contributed by atoms with van der Waals surface area (Å²) in [5.41, 5.74) is 2.91. The van der Waals surface area contributed by atoms with E-state index in [1.54, 1.807) is 37.3 Å². The maximum Gasteiger partial charge on any atom is 0.246 e. The number of aryl methyl sites for hydroxylation is 2. The first-order valence-corrected chi connectivity index (χ1v) is 11.0. The summed E-state index contributed by atoms with van der Waals surface area (Å²) in [5.74, 6) is 0.781. The predicted molar refractivity (Wildman–Crippen MR) is 114 cm³/mol. The van der Waals surface area contributed by atoms with Gasteiger partial charge in [-0.15, -0.1) is 0 Å². The second-order valence-electron chi connectivity index (χ2n) is 6.98. The molecule has 0 saturated carbocycles. The molecule has 0 radical (unpaired) electrons. The lowest BCUT2D eigenvalue weighted by Gasteiger charge is -2.09. The number of para-hydroxylation sites is 1. The van der Waals surface area contributed by atoms with Gasteiger partial charge in [-0.05, 0) is 43.7 Å². The van der Waals surface area contributed by atoms with Crippen LogP contribution in [0.4, 0.5) is 0 Å². The van der Waals surface area contributed by atoms with Gasteiger partial charge in [0.25, 0.3) is 0 Å². The Labute approximate surface area is 175 Å². The number of oxazole rings is 1. The van der Waals surface area contributed by atoms with Crippen LogP contribution in [0.15, 0.2) is 93.3 Å². The SMILES string of the molecule is Cc1ccc(S(=O)(=O)c2oc(-c3ccccc3OCc3ccccc3)nc2C)cc1. The molecule has 0 saturated heterocycles. The van der Waals surface area contributed by atoms with Gasteiger partial charge in [0.15, 0.2) is 0 Å². The molecule has 0 amide bonds. The van der Waals surface area contributed by atoms with Gasteiger partial charge in [-0.2, -0.15) is 0 Å². The van der Waals surface area contributed by atoms with Gasteiger partial charge < -0.3 is 9.15 Å². The molecular weight excluding hydrogens is 398 g/mol. The van der Waals surface area contributed by atoms with Crippen molar-refractivity contribution in [3.05, 3.63) is 95.7 Å². The van der Waals surface area contributed by atoms with Crippen LogP contribution in [0.3, 0.4) is 0 Å². The van der Waals surface area contributed by atoms with E-state index >= 15 is 0 Å². The number of sulfone groups is 1. The van der Waals surface area contributed by atoms with Gasteiger partial charge in [0.1, 0.15) is 12.4 Å². The molecule has 0 unspecified atom stereocenters. The van der Waals surface area contributed by atoms with Gasteiger partial charge in [-0.3, -0.25) is 0 Å². The Balaban J connectivity index is 1.67. The van der Waals surface area contributed by atoms with Crippen LogP contribution < -0.4 is 4.74 Å². The molecule has 0 aliphatic rings. The third-order valence-corrected chi connectivity index (χ3v) is 6.44. The summed E-state index contributed by atoms with van der Waals surface area (Å²) in [7, 11) is -3.81. The third-order valence-electron chi connectivity index (χ3n) is 4.68. The zero-order valence-corrected chi connectivity index (χ0v) is 17.5. The lowest BCUT2D eigenvalue weighted by molar-refractivity contribution is 0.306. The van der Waals surface area contributed by atoms with Gasteiger partial charge in [0.05, 0.1) is 16.2 Å². The second kappa shape index (κ2) is 8.16. The molecule has 0 aliphatic carbocycles. The Kier molecular flexibility index (Phi) is 5.42. The van der Waals surface area contributed by atoms with Crippen molar-refractivity contribution in [1.29, 1.82) is 0 Å². The normalized spacial score (nSPS) is 11.4. The maximum absolute atomic E-state index is 13.0. The van der Waals surface area contributed by atoms with E-state index in [2.05, 4.69) is 4.98 Å². The van der Waals surface area contributed by atoms with E-state index < -0.39 is 9.84 Å². The van der Waals surface area contributed by atoms with Crippen molar-refractivity contribution >= 4 is 9.84 Å². The van der Waals surface area contributed by atoms with Gasteiger partial charge in [0.2, 0.25) is 20.8 Å². The van der Waals surface area contributed by atoms with Crippen LogP contribution in [0.2, 0.25) is 0 Å². The average molecular weight is 420 g/mol. The predicted octanol–water partition coefficient (Wildman–Crippen LogP) is 5.37.